The van der Waals surface area contributed by atoms with Crippen molar-refractivity contribution in [1.29, 1.82) is 0 Å². The smallest absolute Gasteiger partial charge is 0.278 e. The van der Waals surface area contributed by atoms with Crippen LogP contribution in [0.25, 0.3) is 11.1 Å². The number of hydrogen-bond acceptors (Lipinski definition) is 8. The summed E-state index contributed by atoms with van der Waals surface area (Å²) in [7, 11) is -1.89. The van der Waals surface area contributed by atoms with E-state index < -0.39 is 15.9 Å². The van der Waals surface area contributed by atoms with Gasteiger partial charge in [-0.25, -0.2) is 8.42 Å². The number of hydrogen-bond donors (Lipinski definition) is 4. The number of rotatable bonds is 7. The lowest BCUT2D eigenvalue weighted by atomic mass is 9.87. The van der Waals surface area contributed by atoms with Gasteiger partial charge >= 0.3 is 0 Å². The van der Waals surface area contributed by atoms with Gasteiger partial charge in [-0.2, -0.15) is 4.31 Å². The van der Waals surface area contributed by atoms with E-state index in [1.54, 1.807) is 18.2 Å². The van der Waals surface area contributed by atoms with Crippen molar-refractivity contribution in [3.8, 4) is 11.1 Å². The van der Waals surface area contributed by atoms with Crippen LogP contribution in [0.4, 0.5) is 5.69 Å². The molecule has 2 aromatic rings. The van der Waals surface area contributed by atoms with Crippen molar-refractivity contribution in [2.45, 2.75) is 17.9 Å². The topological polar surface area (TPSA) is 143 Å². The van der Waals surface area contributed by atoms with E-state index in [-0.39, 0.29) is 36.9 Å². The van der Waals surface area contributed by atoms with Gasteiger partial charge in [0.2, 0.25) is 10.0 Å². The van der Waals surface area contributed by atoms with Crippen LogP contribution in [-0.4, -0.2) is 84.6 Å². The first kappa shape index (κ1) is 23.3. The predicted octanol–water partition coefficient (Wildman–Crippen LogP) is 0.447. The lowest BCUT2D eigenvalue weighted by molar-refractivity contribution is -0.110. The minimum atomic E-state index is -3.88. The Morgan fingerprint density at radius 1 is 1.09 bits per heavy atom. The molecule has 0 unspecified atom stereocenters. The lowest BCUT2D eigenvalue weighted by Crippen LogP contribution is -2.35. The molecule has 0 atom stereocenters. The Balaban J connectivity index is 1.79. The zero-order valence-corrected chi connectivity index (χ0v) is 19.0. The van der Waals surface area contributed by atoms with Gasteiger partial charge in [-0.3, -0.25) is 4.79 Å². The van der Waals surface area contributed by atoms with Crippen LogP contribution in [0.5, 0.6) is 0 Å². The molecule has 0 spiro atoms. The van der Waals surface area contributed by atoms with Crippen LogP contribution in [0.2, 0.25) is 0 Å². The number of carbonyl (C=O) groups is 1. The highest BCUT2D eigenvalue weighted by molar-refractivity contribution is 7.89. The third-order valence-electron chi connectivity index (χ3n) is 6.03. The van der Waals surface area contributed by atoms with E-state index in [1.807, 2.05) is 7.05 Å². The van der Waals surface area contributed by atoms with E-state index in [1.165, 1.54) is 12.1 Å². The first-order chi connectivity index (χ1) is 15.8. The van der Waals surface area contributed by atoms with E-state index in [4.69, 9.17) is 0 Å². The Morgan fingerprint density at radius 2 is 1.76 bits per heavy atom. The molecule has 10 nitrogen and oxygen atoms in total. The van der Waals surface area contributed by atoms with Crippen LogP contribution in [0.15, 0.2) is 40.4 Å². The largest absolute Gasteiger partial charge is 0.410 e. The second kappa shape index (κ2) is 9.20. The summed E-state index contributed by atoms with van der Waals surface area (Å²) in [6, 6.07) is 8.18. The van der Waals surface area contributed by atoms with Crippen molar-refractivity contribution >= 4 is 27.3 Å². The Morgan fingerprint density at radius 3 is 2.36 bits per heavy atom. The molecule has 176 valence electrons. The van der Waals surface area contributed by atoms with E-state index >= 15 is 0 Å². The molecule has 0 radical (unpaired) electrons. The number of carbonyl (C=O) groups excluding carboxylic acids is 1. The summed E-state index contributed by atoms with van der Waals surface area (Å²) in [6.45, 7) is 0.524. The molecule has 2 aromatic carbocycles. The summed E-state index contributed by atoms with van der Waals surface area (Å²) >= 11 is 0. The molecule has 2 aliphatic rings. The number of amides is 1. The number of likely N-dealkylation sites (N-methyl/N-ethyl adjacent to an activating group) is 1. The van der Waals surface area contributed by atoms with Crippen LogP contribution in [0.3, 0.4) is 0 Å². The molecule has 0 aliphatic carbocycles. The summed E-state index contributed by atoms with van der Waals surface area (Å²) in [5.41, 5.74) is 4.75. The summed E-state index contributed by atoms with van der Waals surface area (Å²) in [4.78, 5) is 14.5. The molecule has 33 heavy (non-hydrogen) atoms. The second-order valence-electron chi connectivity index (χ2n) is 8.07. The molecular weight excluding hydrogens is 448 g/mol. The zero-order chi connectivity index (χ0) is 23.8. The van der Waals surface area contributed by atoms with Gasteiger partial charge in [0.25, 0.3) is 5.91 Å². The molecule has 0 aromatic heterocycles. The minimum absolute atomic E-state index is 0.0508. The number of aliphatic hydroxyl groups is 2. The fraction of sp³-hybridized carbons (Fsp3) is 0.364. The van der Waals surface area contributed by atoms with Gasteiger partial charge in [0.1, 0.15) is 0 Å². The molecule has 4 N–H and O–H groups in total. The van der Waals surface area contributed by atoms with Crippen LogP contribution in [0, 0.1) is 0 Å². The van der Waals surface area contributed by atoms with Crippen molar-refractivity contribution in [2.24, 2.45) is 5.16 Å². The minimum Gasteiger partial charge on any atom is -0.410 e. The predicted molar refractivity (Wildman–Crippen MR) is 122 cm³/mol. The van der Waals surface area contributed by atoms with E-state index in [0.29, 0.717) is 17.8 Å². The first-order valence-electron chi connectivity index (χ1n) is 10.5. The first-order valence-corrected chi connectivity index (χ1v) is 12.0. The van der Waals surface area contributed by atoms with E-state index in [2.05, 4.69) is 15.4 Å². The number of nitrogens with one attached hydrogen (secondary N) is 1. The van der Waals surface area contributed by atoms with Crippen molar-refractivity contribution in [2.75, 3.05) is 45.2 Å². The quantitative estimate of drug-likeness (QED) is 0.337. The SMILES string of the molecule is CN1CCc2c(-c3ccc(S(=O)(=O)N(CCO)CCO)cc3)cc3c(c2C1)NC(=O)/C3=N\O. The van der Waals surface area contributed by atoms with E-state index in [0.717, 1.165) is 39.5 Å². The highest BCUT2D eigenvalue weighted by atomic mass is 32.2. The van der Waals surface area contributed by atoms with Crippen molar-refractivity contribution in [3.05, 3.63) is 47.0 Å². The van der Waals surface area contributed by atoms with Gasteiger partial charge in [-0.05, 0) is 53.9 Å². The molecule has 0 saturated heterocycles. The fourth-order valence-corrected chi connectivity index (χ4v) is 5.83. The third kappa shape index (κ3) is 4.13. The summed E-state index contributed by atoms with van der Waals surface area (Å²) in [5.74, 6) is -0.464. The number of oxime groups is 1. The lowest BCUT2D eigenvalue weighted by Gasteiger charge is -2.29. The third-order valence-corrected chi connectivity index (χ3v) is 7.94. The average molecular weight is 475 g/mol. The van der Waals surface area contributed by atoms with Crippen molar-refractivity contribution in [1.82, 2.24) is 9.21 Å². The van der Waals surface area contributed by atoms with Crippen LogP contribution < -0.4 is 5.32 Å². The molecule has 1 amide bonds. The zero-order valence-electron chi connectivity index (χ0n) is 18.2. The van der Waals surface area contributed by atoms with Crippen LogP contribution >= 0.6 is 0 Å². The Hall–Kier alpha value is -2.83. The van der Waals surface area contributed by atoms with Gasteiger partial charge in [0.15, 0.2) is 5.71 Å². The summed E-state index contributed by atoms with van der Waals surface area (Å²) in [6.07, 6.45) is 0.747. The van der Waals surface area contributed by atoms with Crippen LogP contribution in [0.1, 0.15) is 16.7 Å². The number of nitrogens with zero attached hydrogens (tertiary/aromatic N) is 3. The maximum absolute atomic E-state index is 12.9. The highest BCUT2D eigenvalue weighted by Gasteiger charge is 2.33. The molecule has 0 fully saturated rings. The number of anilines is 1. The van der Waals surface area contributed by atoms with Crippen molar-refractivity contribution < 1.29 is 28.6 Å². The molecule has 0 bridgehead atoms. The van der Waals surface area contributed by atoms with Gasteiger partial charge < -0.3 is 25.6 Å². The molecular formula is C22H26N4O6S. The molecule has 2 heterocycles. The Kier molecular flexibility index (Phi) is 6.50. The second-order valence-corrected chi connectivity index (χ2v) is 10.0. The van der Waals surface area contributed by atoms with Crippen LogP contribution in [-0.2, 0) is 27.8 Å². The number of sulfonamides is 1. The Labute approximate surface area is 191 Å². The van der Waals surface area contributed by atoms with Gasteiger partial charge in [-0.1, -0.05) is 17.3 Å². The fourth-order valence-electron chi connectivity index (χ4n) is 4.40. The highest BCUT2D eigenvalue weighted by Crippen LogP contribution is 2.40. The van der Waals surface area contributed by atoms with Gasteiger partial charge in [0, 0.05) is 31.7 Å². The number of fused-ring (bicyclic) bond motifs is 3. The van der Waals surface area contributed by atoms with Crippen molar-refractivity contribution in [3.63, 3.8) is 0 Å². The van der Waals surface area contributed by atoms with E-state index in [9.17, 15) is 28.6 Å². The number of aliphatic hydroxyl groups excluding tert-OH is 2. The summed E-state index contributed by atoms with van der Waals surface area (Å²) < 4.78 is 26.9. The maximum Gasteiger partial charge on any atom is 0.278 e. The van der Waals surface area contributed by atoms with Gasteiger partial charge in [-0.15, -0.1) is 0 Å². The van der Waals surface area contributed by atoms with Gasteiger partial charge in [0.05, 0.1) is 23.8 Å². The molecule has 0 saturated carbocycles. The number of benzene rings is 2. The normalized spacial score (nSPS) is 17.3. The monoisotopic (exact) mass is 474 g/mol. The Bertz CT molecular complexity index is 1200. The maximum atomic E-state index is 12.9. The summed E-state index contributed by atoms with van der Waals surface area (Å²) in [5, 5.41) is 33.7. The molecule has 4 rings (SSSR count). The molecule has 11 heteroatoms. The molecule has 2 aliphatic heterocycles. The standard InChI is InChI=1S/C22H26N4O6S/c1-25-7-6-16-17(12-18-20(19(16)13-25)23-22(29)21(18)24-30)14-2-4-15(5-3-14)33(31,32)26(8-10-27)9-11-28/h2-5,12,27-28,30H,6-11,13H2,1H3,(H,23,24,29). The average Bonchev–Trinajstić information content (AvgIpc) is 3.13.